The zero-order chi connectivity index (χ0) is 25.3. The number of aromatic nitrogens is 2. The van der Waals surface area contributed by atoms with Crippen LogP contribution in [0.3, 0.4) is 0 Å². The largest absolute Gasteiger partial charge is 0.462 e. The number of anilines is 1. The van der Waals surface area contributed by atoms with E-state index < -0.39 is 54.4 Å². The molecule has 0 fully saturated rings. The van der Waals surface area contributed by atoms with E-state index in [1.165, 1.54) is 0 Å². The van der Waals surface area contributed by atoms with Gasteiger partial charge >= 0.3 is 23.9 Å². The Balaban J connectivity index is 2.35. The van der Waals surface area contributed by atoms with Gasteiger partial charge in [0.15, 0.2) is 18.3 Å². The second-order valence-electron chi connectivity index (χ2n) is 6.92. The van der Waals surface area contributed by atoms with Gasteiger partial charge in [-0.15, -0.1) is 0 Å². The summed E-state index contributed by atoms with van der Waals surface area (Å²) in [5.74, 6) is -3.17. The quantitative estimate of drug-likeness (QED) is 0.213. The van der Waals surface area contributed by atoms with E-state index in [0.717, 1.165) is 33.9 Å². The van der Waals surface area contributed by atoms with Crippen LogP contribution in [-0.2, 0) is 38.1 Å². The molecule has 3 atom stereocenters. The molecule has 0 amide bonds. The van der Waals surface area contributed by atoms with Gasteiger partial charge < -0.3 is 23.9 Å². The number of fused-ring (bicyclic) bond motifs is 1. The van der Waals surface area contributed by atoms with Gasteiger partial charge in [-0.05, 0) is 12.1 Å². The summed E-state index contributed by atoms with van der Waals surface area (Å²) in [6, 6.07) is 6.82. The molecule has 13 heteroatoms. The average Bonchev–Trinajstić information content (AvgIpc) is 2.74. The van der Waals surface area contributed by atoms with Crippen LogP contribution in [0.2, 0.25) is 0 Å². The number of nitrogens with one attached hydrogen (secondary N) is 2. The summed E-state index contributed by atoms with van der Waals surface area (Å²) in [5.41, 5.74) is 2.88. The lowest BCUT2D eigenvalue weighted by atomic mass is 10.1. The molecule has 182 valence electrons. The lowest BCUT2D eigenvalue weighted by Gasteiger charge is -2.29. The van der Waals surface area contributed by atoms with Gasteiger partial charge in [-0.1, -0.05) is 12.1 Å². The molecular weight excluding hydrogens is 452 g/mol. The summed E-state index contributed by atoms with van der Waals surface area (Å²) in [5, 5.41) is 3.87. The summed E-state index contributed by atoms with van der Waals surface area (Å²) in [7, 11) is 0. The number of benzene rings is 1. The lowest BCUT2D eigenvalue weighted by molar-refractivity contribution is -0.183. The topological polar surface area (TPSA) is 175 Å². The Kier molecular flexibility index (Phi) is 9.23. The van der Waals surface area contributed by atoms with E-state index in [0.29, 0.717) is 11.0 Å². The molecule has 1 aromatic heterocycles. The van der Waals surface area contributed by atoms with E-state index in [1.807, 2.05) is 0 Å². The van der Waals surface area contributed by atoms with Crippen LogP contribution < -0.4 is 11.0 Å². The molecule has 2 N–H and O–H groups in total. The smallest absolute Gasteiger partial charge is 0.303 e. The van der Waals surface area contributed by atoms with Crippen LogP contribution in [0.5, 0.6) is 0 Å². The number of nitrogens with zero attached hydrogens (tertiary/aromatic N) is 2. The SMILES string of the molecule is CC(=O)OCC(OC(C)=O)C(OC(C)=O)C(/C=N/Nc1nc2ccccc2[nH]c1=O)OC(C)=O. The van der Waals surface area contributed by atoms with Crippen molar-refractivity contribution in [1.82, 2.24) is 9.97 Å². The Morgan fingerprint density at radius 2 is 1.65 bits per heavy atom. The van der Waals surface area contributed by atoms with Gasteiger partial charge in [-0.25, -0.2) is 4.98 Å². The van der Waals surface area contributed by atoms with Gasteiger partial charge in [0, 0.05) is 27.7 Å². The monoisotopic (exact) mass is 476 g/mol. The summed E-state index contributed by atoms with van der Waals surface area (Å²) in [6.07, 6.45) is -3.13. The first-order valence-electron chi connectivity index (χ1n) is 10.00. The van der Waals surface area contributed by atoms with Crippen molar-refractivity contribution in [3.05, 3.63) is 34.6 Å². The lowest BCUT2D eigenvalue weighted by Crippen LogP contribution is -2.48. The Bertz CT molecular complexity index is 1140. The Morgan fingerprint density at radius 1 is 1.00 bits per heavy atom. The molecule has 0 aliphatic rings. The molecule has 1 heterocycles. The van der Waals surface area contributed by atoms with Crippen LogP contribution in [-0.4, -0.2) is 65.0 Å². The maximum absolute atomic E-state index is 12.2. The maximum Gasteiger partial charge on any atom is 0.303 e. The van der Waals surface area contributed by atoms with Gasteiger partial charge in [0.05, 0.1) is 17.2 Å². The van der Waals surface area contributed by atoms with Crippen LogP contribution in [0.25, 0.3) is 11.0 Å². The molecule has 2 rings (SSSR count). The molecule has 2 aromatic rings. The van der Waals surface area contributed by atoms with Crippen molar-refractivity contribution in [3.63, 3.8) is 0 Å². The molecular formula is C21H24N4O9. The van der Waals surface area contributed by atoms with E-state index >= 15 is 0 Å². The van der Waals surface area contributed by atoms with E-state index in [9.17, 15) is 24.0 Å². The number of H-pyrrole nitrogens is 1. The number of hydrogen-bond donors (Lipinski definition) is 2. The first kappa shape index (κ1) is 26.0. The first-order chi connectivity index (χ1) is 16.1. The zero-order valence-electron chi connectivity index (χ0n) is 18.9. The Hall–Kier alpha value is -4.29. The fourth-order valence-corrected chi connectivity index (χ4v) is 2.81. The predicted molar refractivity (Wildman–Crippen MR) is 118 cm³/mol. The van der Waals surface area contributed by atoms with E-state index in [-0.39, 0.29) is 5.82 Å². The number of carbonyl (C=O) groups excluding carboxylic acids is 4. The number of hydrazone groups is 1. The third-order valence-corrected chi connectivity index (χ3v) is 4.05. The molecule has 0 bridgehead atoms. The van der Waals surface area contributed by atoms with Crippen LogP contribution in [0, 0.1) is 0 Å². The van der Waals surface area contributed by atoms with Gasteiger partial charge in [0.2, 0.25) is 5.82 Å². The Morgan fingerprint density at radius 3 is 2.26 bits per heavy atom. The number of hydrogen-bond acceptors (Lipinski definition) is 12. The second kappa shape index (κ2) is 12.1. The van der Waals surface area contributed by atoms with E-state index in [4.69, 9.17) is 18.9 Å². The number of para-hydroxylation sites is 2. The van der Waals surface area contributed by atoms with E-state index in [2.05, 4.69) is 20.5 Å². The van der Waals surface area contributed by atoms with Crippen molar-refractivity contribution in [2.75, 3.05) is 12.0 Å². The van der Waals surface area contributed by atoms with E-state index in [1.54, 1.807) is 24.3 Å². The number of carbonyl (C=O) groups is 4. The highest BCUT2D eigenvalue weighted by Crippen LogP contribution is 2.15. The molecule has 0 saturated carbocycles. The van der Waals surface area contributed by atoms with Crippen LogP contribution in [0.15, 0.2) is 34.2 Å². The molecule has 0 saturated heterocycles. The highest BCUT2D eigenvalue weighted by Gasteiger charge is 2.37. The van der Waals surface area contributed by atoms with Gasteiger partial charge in [-0.3, -0.25) is 29.4 Å². The second-order valence-corrected chi connectivity index (χ2v) is 6.92. The minimum atomic E-state index is -1.43. The van der Waals surface area contributed by atoms with Crippen molar-refractivity contribution < 1.29 is 38.1 Å². The van der Waals surface area contributed by atoms with Crippen molar-refractivity contribution in [3.8, 4) is 0 Å². The van der Waals surface area contributed by atoms with Crippen molar-refractivity contribution in [2.24, 2.45) is 5.10 Å². The highest BCUT2D eigenvalue weighted by atomic mass is 16.6. The number of rotatable bonds is 10. The number of aromatic amines is 1. The molecule has 0 spiro atoms. The van der Waals surface area contributed by atoms with Crippen LogP contribution in [0.4, 0.5) is 5.82 Å². The normalized spacial score (nSPS) is 13.5. The summed E-state index contributed by atoms with van der Waals surface area (Å²) in [6.45, 7) is 3.93. The minimum absolute atomic E-state index is 0.156. The number of esters is 4. The number of ether oxygens (including phenoxy) is 4. The zero-order valence-corrected chi connectivity index (χ0v) is 18.9. The third kappa shape index (κ3) is 8.00. The molecule has 1 aromatic carbocycles. The molecule has 3 unspecified atom stereocenters. The molecule has 34 heavy (non-hydrogen) atoms. The molecule has 0 aliphatic carbocycles. The van der Waals surface area contributed by atoms with Gasteiger partial charge in [0.1, 0.15) is 6.61 Å². The summed E-state index contributed by atoms with van der Waals surface area (Å²) >= 11 is 0. The van der Waals surface area contributed by atoms with Gasteiger partial charge in [0.25, 0.3) is 5.56 Å². The van der Waals surface area contributed by atoms with Crippen molar-refractivity contribution in [1.29, 1.82) is 0 Å². The third-order valence-electron chi connectivity index (χ3n) is 4.05. The minimum Gasteiger partial charge on any atom is -0.462 e. The Labute approximate surface area is 193 Å². The fraction of sp³-hybridized carbons (Fsp3) is 0.381. The first-order valence-corrected chi connectivity index (χ1v) is 10.00. The summed E-state index contributed by atoms with van der Waals surface area (Å²) in [4.78, 5) is 65.2. The predicted octanol–water partition coefficient (Wildman–Crippen LogP) is 0.679. The average molecular weight is 476 g/mol. The van der Waals surface area contributed by atoms with Crippen molar-refractivity contribution >= 4 is 46.9 Å². The highest BCUT2D eigenvalue weighted by molar-refractivity contribution is 5.76. The van der Waals surface area contributed by atoms with Gasteiger partial charge in [-0.2, -0.15) is 5.10 Å². The fourth-order valence-electron chi connectivity index (χ4n) is 2.81. The van der Waals surface area contributed by atoms with Crippen LogP contribution >= 0.6 is 0 Å². The summed E-state index contributed by atoms with van der Waals surface area (Å²) < 4.78 is 20.4. The molecule has 0 radical (unpaired) electrons. The van der Waals surface area contributed by atoms with Crippen LogP contribution in [0.1, 0.15) is 27.7 Å². The molecule has 0 aliphatic heterocycles. The molecule has 13 nitrogen and oxygen atoms in total. The maximum atomic E-state index is 12.2. The van der Waals surface area contributed by atoms with Crippen molar-refractivity contribution in [2.45, 2.75) is 46.0 Å². The standard InChI is InChI=1S/C21H24N4O9/c1-11(26)31-10-18(33-13(3)28)19(34-14(4)29)17(32-12(2)27)9-22-25-20-21(30)24-16-8-6-5-7-15(16)23-20/h5-9,17-19H,10H2,1-4H3,(H,23,25)(H,24,30)/b22-9+.